The molecule has 0 unspecified atom stereocenters. The maximum atomic E-state index is 13.5. The summed E-state index contributed by atoms with van der Waals surface area (Å²) in [6, 6.07) is 46.1. The van der Waals surface area contributed by atoms with Gasteiger partial charge >= 0.3 is 0 Å². The summed E-state index contributed by atoms with van der Waals surface area (Å²) in [5.74, 6) is -0.546. The number of hydrogen-bond acceptors (Lipinski definition) is 6. The molecule has 0 bridgehead atoms. The van der Waals surface area contributed by atoms with Gasteiger partial charge in [0.15, 0.2) is 0 Å². The van der Waals surface area contributed by atoms with Gasteiger partial charge in [0.1, 0.15) is 0 Å². The summed E-state index contributed by atoms with van der Waals surface area (Å²) in [4.78, 5) is 36.9. The Hall–Kier alpha value is -4.86. The minimum Gasteiger partial charge on any atom is -0.321 e. The third-order valence-electron chi connectivity index (χ3n) is 9.17. The molecule has 0 aliphatic carbocycles. The lowest BCUT2D eigenvalue weighted by atomic mass is 9.98. The van der Waals surface area contributed by atoms with Crippen LogP contribution in [-0.4, -0.2) is 11.8 Å². The average Bonchev–Trinajstić information content (AvgIpc) is 3.70. The number of carbonyl (C=O) groups excluding carboxylic acids is 2. The van der Waals surface area contributed by atoms with Gasteiger partial charge in [0.25, 0.3) is 11.8 Å². The smallest absolute Gasteiger partial charge is 0.258 e. The summed E-state index contributed by atoms with van der Waals surface area (Å²) in [5.41, 5.74) is 7.96. The van der Waals surface area contributed by atoms with Gasteiger partial charge in [-0.3, -0.25) is 9.59 Å². The van der Waals surface area contributed by atoms with E-state index in [-0.39, 0.29) is 11.8 Å². The summed E-state index contributed by atoms with van der Waals surface area (Å²) in [7, 11) is 0. The third-order valence-corrected chi connectivity index (χ3v) is 14.4. The number of fused-ring (bicyclic) bond motifs is 5. The normalized spacial score (nSPS) is 15.5. The van der Waals surface area contributed by atoms with Gasteiger partial charge in [-0.1, -0.05) is 144 Å². The molecule has 8 heteroatoms. The van der Waals surface area contributed by atoms with E-state index in [0.717, 1.165) is 33.4 Å². The van der Waals surface area contributed by atoms with Crippen LogP contribution in [0.2, 0.25) is 0 Å². The zero-order valence-corrected chi connectivity index (χ0v) is 29.4. The molecule has 238 valence electrons. The van der Waals surface area contributed by atoms with Crippen LogP contribution in [0.25, 0.3) is 33.6 Å². The van der Waals surface area contributed by atoms with E-state index in [1.807, 2.05) is 24.3 Å². The predicted octanol–water partition coefficient (Wildman–Crippen LogP) is 10.6. The summed E-state index contributed by atoms with van der Waals surface area (Å²) in [6.07, 6.45) is 0. The van der Waals surface area contributed by atoms with Gasteiger partial charge in [0, 0.05) is 39.2 Å². The average molecular weight is 717 g/mol. The Bertz CT molecular complexity index is 2340. The van der Waals surface area contributed by atoms with Crippen molar-refractivity contribution in [3.63, 3.8) is 0 Å². The maximum Gasteiger partial charge on any atom is 0.258 e. The fraction of sp³-hybridized carbons (Fsp3) is 0. The molecule has 0 saturated heterocycles. The largest absolute Gasteiger partial charge is 0.321 e. The van der Waals surface area contributed by atoms with Crippen molar-refractivity contribution < 1.29 is 9.59 Å². The summed E-state index contributed by atoms with van der Waals surface area (Å²) in [5, 5.41) is 6.02. The van der Waals surface area contributed by atoms with Crippen molar-refractivity contribution in [1.29, 1.82) is 0 Å². The van der Waals surface area contributed by atoms with Gasteiger partial charge in [-0.25, -0.2) is 0 Å². The van der Waals surface area contributed by atoms with E-state index < -0.39 is 0 Å². The SMILES string of the molecule is O=C1NC(c2ccc(-c3cccc4c3Sc3ccccc3S4)cc2)=C2C(=O)NC(c3ccc(-c4cccc5c4Sc4ccccc4S5)cc3)=C12. The van der Waals surface area contributed by atoms with Crippen LogP contribution in [0.1, 0.15) is 11.1 Å². The summed E-state index contributed by atoms with van der Waals surface area (Å²) < 4.78 is 0. The predicted molar refractivity (Wildman–Crippen MR) is 203 cm³/mol. The third kappa shape index (κ3) is 4.89. The molecule has 10 rings (SSSR count). The van der Waals surface area contributed by atoms with Gasteiger partial charge in [0.2, 0.25) is 0 Å². The van der Waals surface area contributed by atoms with Gasteiger partial charge in [0.05, 0.1) is 22.5 Å². The fourth-order valence-electron chi connectivity index (χ4n) is 6.80. The molecule has 2 amide bonds. The van der Waals surface area contributed by atoms with Crippen LogP contribution in [0.5, 0.6) is 0 Å². The van der Waals surface area contributed by atoms with E-state index >= 15 is 0 Å². The van der Waals surface area contributed by atoms with Crippen LogP contribution in [0, 0.1) is 0 Å². The summed E-state index contributed by atoms with van der Waals surface area (Å²) in [6.45, 7) is 0. The van der Waals surface area contributed by atoms with Crippen LogP contribution < -0.4 is 10.6 Å². The van der Waals surface area contributed by atoms with Crippen molar-refractivity contribution in [3.8, 4) is 22.3 Å². The highest BCUT2D eigenvalue weighted by molar-refractivity contribution is 8.05. The van der Waals surface area contributed by atoms with Crippen molar-refractivity contribution in [1.82, 2.24) is 10.6 Å². The fourth-order valence-corrected chi connectivity index (χ4v) is 11.6. The Morgan fingerprint density at radius 2 is 0.680 bits per heavy atom. The van der Waals surface area contributed by atoms with Crippen LogP contribution in [0.3, 0.4) is 0 Å². The molecule has 0 spiro atoms. The quantitative estimate of drug-likeness (QED) is 0.189. The van der Waals surface area contributed by atoms with Gasteiger partial charge in [-0.05, 0) is 69.8 Å². The zero-order chi connectivity index (χ0) is 33.3. The van der Waals surface area contributed by atoms with Gasteiger partial charge in [-0.2, -0.15) is 0 Å². The van der Waals surface area contributed by atoms with Crippen LogP contribution in [-0.2, 0) is 9.59 Å². The maximum absolute atomic E-state index is 13.5. The highest BCUT2D eigenvalue weighted by Gasteiger charge is 2.41. The molecule has 6 aromatic carbocycles. The second-order valence-electron chi connectivity index (χ2n) is 12.1. The minimum absolute atomic E-state index is 0.273. The van der Waals surface area contributed by atoms with Gasteiger partial charge < -0.3 is 10.6 Å². The Morgan fingerprint density at radius 1 is 0.340 bits per heavy atom. The lowest BCUT2D eigenvalue weighted by Crippen LogP contribution is -2.21. The zero-order valence-electron chi connectivity index (χ0n) is 26.2. The first kappa shape index (κ1) is 30.0. The number of rotatable bonds is 4. The molecule has 4 nitrogen and oxygen atoms in total. The first-order chi connectivity index (χ1) is 24.6. The molecule has 0 fully saturated rings. The second kappa shape index (κ2) is 11.9. The molecule has 50 heavy (non-hydrogen) atoms. The van der Waals surface area contributed by atoms with Crippen molar-refractivity contribution in [3.05, 3.63) is 156 Å². The number of benzene rings is 6. The van der Waals surface area contributed by atoms with E-state index in [9.17, 15) is 9.59 Å². The molecule has 4 heterocycles. The van der Waals surface area contributed by atoms with Crippen LogP contribution >= 0.6 is 47.0 Å². The van der Waals surface area contributed by atoms with Crippen molar-refractivity contribution in [2.75, 3.05) is 0 Å². The van der Waals surface area contributed by atoms with E-state index in [1.165, 1.54) is 39.2 Å². The van der Waals surface area contributed by atoms with Crippen molar-refractivity contribution >= 4 is 70.3 Å². The van der Waals surface area contributed by atoms with E-state index in [4.69, 9.17) is 0 Å². The molecule has 2 N–H and O–H groups in total. The lowest BCUT2D eigenvalue weighted by Gasteiger charge is -2.21. The molecule has 0 atom stereocenters. The number of hydrogen-bond donors (Lipinski definition) is 2. The van der Waals surface area contributed by atoms with Gasteiger partial charge in [-0.15, -0.1) is 0 Å². The summed E-state index contributed by atoms with van der Waals surface area (Å²) >= 11 is 7.20. The molecule has 0 aromatic heterocycles. The number of carbonyl (C=O) groups is 2. The molecule has 4 aliphatic rings. The van der Waals surface area contributed by atoms with Crippen LogP contribution in [0.4, 0.5) is 0 Å². The highest BCUT2D eigenvalue weighted by Crippen LogP contribution is 2.53. The van der Waals surface area contributed by atoms with Crippen molar-refractivity contribution in [2.24, 2.45) is 0 Å². The highest BCUT2D eigenvalue weighted by atomic mass is 32.2. The topological polar surface area (TPSA) is 58.2 Å². The Labute approximate surface area is 305 Å². The Kier molecular flexibility index (Phi) is 7.13. The molecule has 6 aromatic rings. The number of amides is 2. The van der Waals surface area contributed by atoms with E-state index in [0.29, 0.717) is 22.5 Å². The number of nitrogens with one attached hydrogen (secondary N) is 2. The molecular weight excluding hydrogens is 693 g/mol. The molecule has 0 saturated carbocycles. The second-order valence-corrected chi connectivity index (χ2v) is 16.4. The van der Waals surface area contributed by atoms with Crippen molar-refractivity contribution in [2.45, 2.75) is 39.2 Å². The lowest BCUT2D eigenvalue weighted by molar-refractivity contribution is -0.117. The monoisotopic (exact) mass is 716 g/mol. The molecule has 0 radical (unpaired) electrons. The minimum atomic E-state index is -0.273. The van der Waals surface area contributed by atoms with E-state index in [1.54, 1.807) is 47.0 Å². The standard InChI is InChI=1S/C42H24N2O2S4/c45-41-35-36(38(44-41)26-21-17-24(18-22-26)28-8-6-14-34-40(28)50-32-12-4-2-10-30(32)48-34)42(46)43-37(35)25-19-15-23(16-20-25)27-7-5-13-33-39(27)49-31-11-3-1-9-29(31)47-33/h1-22H,(H,43,46)(H,44,45). The Balaban J connectivity index is 0.957. The van der Waals surface area contributed by atoms with E-state index in [2.05, 4.69) is 120 Å². The molecular formula is C42H24N2O2S4. The molecule has 4 aliphatic heterocycles. The first-order valence-electron chi connectivity index (χ1n) is 16.1. The van der Waals surface area contributed by atoms with Crippen LogP contribution in [0.15, 0.2) is 184 Å². The first-order valence-corrected chi connectivity index (χ1v) is 19.3. The Morgan fingerprint density at radius 3 is 1.08 bits per heavy atom.